The maximum absolute atomic E-state index is 4.87. The van der Waals surface area contributed by atoms with Gasteiger partial charge in [0.15, 0.2) is 0 Å². The first-order valence-electron chi connectivity index (χ1n) is 15.0. The van der Waals surface area contributed by atoms with Crippen molar-refractivity contribution < 1.29 is 0 Å². The second kappa shape index (κ2) is 11.5. The molecular formula is C39H34N2S2. The fourth-order valence-electron chi connectivity index (χ4n) is 6.52. The van der Waals surface area contributed by atoms with E-state index in [0.717, 1.165) is 40.9 Å². The fourth-order valence-corrected chi connectivity index (χ4v) is 8.85. The van der Waals surface area contributed by atoms with Gasteiger partial charge in [0.25, 0.3) is 0 Å². The van der Waals surface area contributed by atoms with Gasteiger partial charge in [0.2, 0.25) is 0 Å². The van der Waals surface area contributed by atoms with Crippen molar-refractivity contribution in [2.45, 2.75) is 47.0 Å². The largest absolute Gasteiger partial charge is 0.262 e. The standard InChI is InChI=1S/C39H34N2S2/c1-5-40-30-11-6-9-28(21-30)29-10-7-12-31(22-29)41-23-27-16-18-35-37(20-27)43-26(4)39(35)33-14-8-13-32(33)38-25(3)42-36-19-24(2)15-17-34(36)38/h5-7,9-12,15-23H,8,13-14H2,1-4H3. The van der Waals surface area contributed by atoms with Crippen LogP contribution >= 0.6 is 22.7 Å². The first-order valence-corrected chi connectivity index (χ1v) is 16.6. The predicted molar refractivity (Wildman–Crippen MR) is 191 cm³/mol. The summed E-state index contributed by atoms with van der Waals surface area (Å²) in [5.41, 5.74) is 12.7. The minimum absolute atomic E-state index is 0.944. The molecule has 0 amide bonds. The summed E-state index contributed by atoms with van der Waals surface area (Å²) in [5.74, 6) is 0. The van der Waals surface area contributed by atoms with E-state index in [1.807, 2.05) is 48.1 Å². The van der Waals surface area contributed by atoms with E-state index in [-0.39, 0.29) is 0 Å². The normalized spacial score (nSPS) is 14.0. The van der Waals surface area contributed by atoms with Crippen molar-refractivity contribution >= 4 is 77.8 Å². The van der Waals surface area contributed by atoms with Gasteiger partial charge in [-0.25, -0.2) is 0 Å². The second-order valence-corrected chi connectivity index (χ2v) is 13.9. The van der Waals surface area contributed by atoms with Crippen LogP contribution in [-0.4, -0.2) is 12.4 Å². The Balaban J connectivity index is 1.22. The molecule has 0 atom stereocenters. The molecule has 0 bridgehead atoms. The Hall–Kier alpha value is -4.12. The molecule has 0 saturated heterocycles. The molecule has 0 unspecified atom stereocenters. The lowest BCUT2D eigenvalue weighted by Crippen LogP contribution is -1.89. The average Bonchev–Trinajstić information content (AvgIpc) is 3.69. The minimum atomic E-state index is 0.944. The zero-order chi connectivity index (χ0) is 29.5. The molecular weight excluding hydrogens is 561 g/mol. The van der Waals surface area contributed by atoms with Crippen LogP contribution in [0.3, 0.4) is 0 Å². The first-order chi connectivity index (χ1) is 21.0. The van der Waals surface area contributed by atoms with Gasteiger partial charge >= 0.3 is 0 Å². The van der Waals surface area contributed by atoms with Gasteiger partial charge in [0.1, 0.15) is 0 Å². The van der Waals surface area contributed by atoms with E-state index in [4.69, 9.17) is 4.99 Å². The van der Waals surface area contributed by atoms with Crippen LogP contribution < -0.4 is 0 Å². The van der Waals surface area contributed by atoms with Gasteiger partial charge in [0, 0.05) is 42.4 Å². The molecule has 7 rings (SSSR count). The van der Waals surface area contributed by atoms with Crippen molar-refractivity contribution in [3.8, 4) is 11.1 Å². The Bertz CT molecular complexity index is 2100. The van der Waals surface area contributed by atoms with Crippen molar-refractivity contribution in [1.29, 1.82) is 0 Å². The van der Waals surface area contributed by atoms with E-state index in [0.29, 0.717) is 0 Å². The Kier molecular flexibility index (Phi) is 7.42. The van der Waals surface area contributed by atoms with Crippen molar-refractivity contribution in [3.05, 3.63) is 117 Å². The van der Waals surface area contributed by atoms with Crippen LogP contribution in [0.1, 0.15) is 58.2 Å². The van der Waals surface area contributed by atoms with Crippen LogP contribution in [0.2, 0.25) is 0 Å². The summed E-state index contributed by atoms with van der Waals surface area (Å²) in [6, 6.07) is 30.5. The highest BCUT2D eigenvalue weighted by molar-refractivity contribution is 7.19. The number of thiophene rings is 2. The quantitative estimate of drug-likeness (QED) is 0.171. The zero-order valence-corrected chi connectivity index (χ0v) is 26.7. The van der Waals surface area contributed by atoms with Crippen molar-refractivity contribution in [2.24, 2.45) is 9.98 Å². The number of nitrogens with zero attached hydrogens (tertiary/aromatic N) is 2. The van der Waals surface area contributed by atoms with Crippen LogP contribution in [0.25, 0.3) is 42.4 Å². The third-order valence-corrected chi connectivity index (χ3v) is 10.5. The van der Waals surface area contributed by atoms with Crippen molar-refractivity contribution in [2.75, 3.05) is 0 Å². The SMILES string of the molecule is CC=Nc1cccc(-c2cccc(N=Cc3ccc4c(C5=C(c6c(C)sc7cc(C)ccc67)CCC5)c(C)sc4c3)c2)c1. The highest BCUT2D eigenvalue weighted by Gasteiger charge is 2.25. The summed E-state index contributed by atoms with van der Waals surface area (Å²) in [4.78, 5) is 12.1. The molecule has 4 heteroatoms. The number of aryl methyl sites for hydroxylation is 3. The minimum Gasteiger partial charge on any atom is -0.262 e. The van der Waals surface area contributed by atoms with Gasteiger partial charge in [-0.2, -0.15) is 0 Å². The van der Waals surface area contributed by atoms with E-state index in [1.165, 1.54) is 53.0 Å². The fraction of sp³-hybridized carbons (Fsp3) is 0.179. The molecule has 6 aromatic rings. The van der Waals surface area contributed by atoms with Gasteiger partial charge in [-0.3, -0.25) is 9.98 Å². The number of fused-ring (bicyclic) bond motifs is 2. The number of allylic oxidation sites excluding steroid dienone is 2. The zero-order valence-electron chi connectivity index (χ0n) is 25.1. The summed E-state index contributed by atoms with van der Waals surface area (Å²) < 4.78 is 2.74. The summed E-state index contributed by atoms with van der Waals surface area (Å²) in [7, 11) is 0. The monoisotopic (exact) mass is 594 g/mol. The molecule has 0 fully saturated rings. The van der Waals surface area contributed by atoms with Gasteiger partial charge in [-0.1, -0.05) is 48.5 Å². The van der Waals surface area contributed by atoms with Gasteiger partial charge in [-0.15, -0.1) is 22.7 Å². The molecule has 212 valence electrons. The van der Waals surface area contributed by atoms with E-state index < -0.39 is 0 Å². The van der Waals surface area contributed by atoms with E-state index in [9.17, 15) is 0 Å². The van der Waals surface area contributed by atoms with Gasteiger partial charge < -0.3 is 0 Å². The smallest absolute Gasteiger partial charge is 0.0636 e. The molecule has 2 aromatic heterocycles. The third kappa shape index (κ3) is 5.30. The molecule has 0 saturated carbocycles. The lowest BCUT2D eigenvalue weighted by atomic mass is 9.93. The Labute approximate surface area is 261 Å². The molecule has 0 spiro atoms. The highest BCUT2D eigenvalue weighted by Crippen LogP contribution is 2.49. The molecule has 2 nitrogen and oxygen atoms in total. The maximum atomic E-state index is 4.87. The van der Waals surface area contributed by atoms with Crippen LogP contribution in [0.15, 0.2) is 94.9 Å². The molecule has 2 heterocycles. The molecule has 0 N–H and O–H groups in total. The van der Waals surface area contributed by atoms with Gasteiger partial charge in [-0.05, 0) is 128 Å². The maximum Gasteiger partial charge on any atom is 0.0636 e. The number of benzene rings is 4. The summed E-state index contributed by atoms with van der Waals surface area (Å²) in [6.45, 7) is 8.73. The number of hydrogen-bond donors (Lipinski definition) is 0. The third-order valence-electron chi connectivity index (χ3n) is 8.40. The summed E-state index contributed by atoms with van der Waals surface area (Å²) >= 11 is 3.85. The second-order valence-electron chi connectivity index (χ2n) is 11.4. The predicted octanol–water partition coefficient (Wildman–Crippen LogP) is 12.3. The van der Waals surface area contributed by atoms with E-state index in [2.05, 4.69) is 105 Å². The van der Waals surface area contributed by atoms with Crippen molar-refractivity contribution in [1.82, 2.24) is 0 Å². The van der Waals surface area contributed by atoms with Crippen LogP contribution in [-0.2, 0) is 0 Å². The molecule has 1 aliphatic carbocycles. The molecule has 0 aliphatic heterocycles. The Morgan fingerprint density at radius 1 is 0.628 bits per heavy atom. The Morgan fingerprint density at radius 2 is 1.21 bits per heavy atom. The lowest BCUT2D eigenvalue weighted by molar-refractivity contribution is 0.942. The van der Waals surface area contributed by atoms with E-state index >= 15 is 0 Å². The van der Waals surface area contributed by atoms with Crippen LogP contribution in [0.4, 0.5) is 11.4 Å². The molecule has 43 heavy (non-hydrogen) atoms. The summed E-state index contributed by atoms with van der Waals surface area (Å²) in [5, 5.41) is 2.79. The Morgan fingerprint density at radius 3 is 1.84 bits per heavy atom. The molecule has 1 aliphatic rings. The van der Waals surface area contributed by atoms with E-state index in [1.54, 1.807) is 11.1 Å². The van der Waals surface area contributed by atoms with Crippen LogP contribution in [0, 0.1) is 20.8 Å². The summed E-state index contributed by atoms with van der Waals surface area (Å²) in [6.07, 6.45) is 7.36. The highest BCUT2D eigenvalue weighted by atomic mass is 32.1. The van der Waals surface area contributed by atoms with Crippen molar-refractivity contribution in [3.63, 3.8) is 0 Å². The molecule has 4 aromatic carbocycles. The topological polar surface area (TPSA) is 24.7 Å². The number of hydrogen-bond acceptors (Lipinski definition) is 4. The molecule has 0 radical (unpaired) electrons. The van der Waals surface area contributed by atoms with Crippen LogP contribution in [0.5, 0.6) is 0 Å². The number of rotatable bonds is 6. The first kappa shape index (κ1) is 27.7. The number of aliphatic imine (C=N–C) groups is 2. The lowest BCUT2D eigenvalue weighted by Gasteiger charge is -2.10. The van der Waals surface area contributed by atoms with Gasteiger partial charge in [0.05, 0.1) is 11.4 Å². The average molecular weight is 595 g/mol.